The Kier molecular flexibility index (Phi) is 4.10. The number of aromatic nitrogens is 4. The molecule has 0 saturated carbocycles. The SMILES string of the molecule is Cc1cc2c(cc1NC(=O)[C@H](C)n1c(C)nc3ccccc31)n(C)c(=O)n2C. The van der Waals surface area contributed by atoms with E-state index in [4.69, 9.17) is 0 Å². The molecule has 2 aromatic heterocycles. The van der Waals surface area contributed by atoms with Crippen LogP contribution in [0.1, 0.15) is 24.4 Å². The molecule has 28 heavy (non-hydrogen) atoms. The molecule has 4 aromatic rings. The number of para-hydroxylation sites is 2. The Bertz CT molecular complexity index is 1290. The molecule has 144 valence electrons. The number of anilines is 1. The molecule has 1 atom stereocenters. The summed E-state index contributed by atoms with van der Waals surface area (Å²) in [5.74, 6) is 0.663. The van der Waals surface area contributed by atoms with Gasteiger partial charge < -0.3 is 9.88 Å². The molecule has 0 spiro atoms. The number of imidazole rings is 2. The van der Waals surface area contributed by atoms with Crippen molar-refractivity contribution in [1.82, 2.24) is 18.7 Å². The van der Waals surface area contributed by atoms with E-state index in [-0.39, 0.29) is 11.6 Å². The molecule has 0 unspecified atom stereocenters. The minimum absolute atomic E-state index is 0.0910. The fourth-order valence-electron chi connectivity index (χ4n) is 3.79. The molecule has 0 bridgehead atoms. The van der Waals surface area contributed by atoms with E-state index in [1.54, 1.807) is 23.2 Å². The van der Waals surface area contributed by atoms with Crippen molar-refractivity contribution in [3.63, 3.8) is 0 Å². The predicted molar refractivity (Wildman–Crippen MR) is 111 cm³/mol. The van der Waals surface area contributed by atoms with Crippen LogP contribution in [-0.2, 0) is 18.9 Å². The normalized spacial score (nSPS) is 12.6. The number of benzene rings is 2. The highest BCUT2D eigenvalue weighted by molar-refractivity contribution is 5.97. The Hall–Kier alpha value is -3.35. The van der Waals surface area contributed by atoms with E-state index in [0.29, 0.717) is 5.69 Å². The third kappa shape index (κ3) is 2.62. The molecule has 0 fully saturated rings. The fourth-order valence-corrected chi connectivity index (χ4v) is 3.79. The van der Waals surface area contributed by atoms with Crippen molar-refractivity contribution in [2.45, 2.75) is 26.8 Å². The van der Waals surface area contributed by atoms with Crippen LogP contribution in [0.5, 0.6) is 0 Å². The minimum Gasteiger partial charge on any atom is -0.324 e. The van der Waals surface area contributed by atoms with Gasteiger partial charge in [0.1, 0.15) is 11.9 Å². The number of hydrogen-bond acceptors (Lipinski definition) is 3. The van der Waals surface area contributed by atoms with Crippen LogP contribution in [0.3, 0.4) is 0 Å². The first kappa shape index (κ1) is 18.0. The molecule has 2 heterocycles. The largest absolute Gasteiger partial charge is 0.328 e. The summed E-state index contributed by atoms with van der Waals surface area (Å²) < 4.78 is 5.13. The van der Waals surface area contributed by atoms with E-state index in [1.807, 2.05) is 61.7 Å². The minimum atomic E-state index is -0.429. The third-order valence-electron chi connectivity index (χ3n) is 5.41. The maximum atomic E-state index is 13.0. The van der Waals surface area contributed by atoms with Crippen LogP contribution in [-0.4, -0.2) is 24.6 Å². The zero-order chi connectivity index (χ0) is 20.2. The van der Waals surface area contributed by atoms with Crippen molar-refractivity contribution >= 4 is 33.7 Å². The average molecular weight is 377 g/mol. The molecule has 0 radical (unpaired) electrons. The van der Waals surface area contributed by atoms with Gasteiger partial charge in [-0.2, -0.15) is 0 Å². The van der Waals surface area contributed by atoms with Gasteiger partial charge in [-0.1, -0.05) is 12.1 Å². The Labute approximate surface area is 162 Å². The first-order valence-electron chi connectivity index (χ1n) is 9.20. The monoisotopic (exact) mass is 377 g/mol. The zero-order valence-corrected chi connectivity index (χ0v) is 16.6. The van der Waals surface area contributed by atoms with Gasteiger partial charge in [-0.05, 0) is 50.6 Å². The van der Waals surface area contributed by atoms with Crippen molar-refractivity contribution in [1.29, 1.82) is 0 Å². The van der Waals surface area contributed by atoms with E-state index in [9.17, 15) is 9.59 Å². The summed E-state index contributed by atoms with van der Waals surface area (Å²) in [6.45, 7) is 5.69. The van der Waals surface area contributed by atoms with Gasteiger partial charge in [0.05, 0.1) is 22.1 Å². The van der Waals surface area contributed by atoms with Gasteiger partial charge in [-0.25, -0.2) is 9.78 Å². The second kappa shape index (κ2) is 6.37. The maximum Gasteiger partial charge on any atom is 0.328 e. The number of amides is 1. The summed E-state index contributed by atoms with van der Waals surface area (Å²) in [6.07, 6.45) is 0. The number of nitrogens with one attached hydrogen (secondary N) is 1. The summed E-state index contributed by atoms with van der Waals surface area (Å²) in [4.78, 5) is 29.8. The number of rotatable bonds is 3. The number of carbonyl (C=O) groups is 1. The van der Waals surface area contributed by atoms with Gasteiger partial charge >= 0.3 is 5.69 Å². The van der Waals surface area contributed by atoms with E-state index in [2.05, 4.69) is 10.3 Å². The maximum absolute atomic E-state index is 13.0. The van der Waals surface area contributed by atoms with Crippen molar-refractivity contribution in [2.75, 3.05) is 5.32 Å². The van der Waals surface area contributed by atoms with Gasteiger partial charge in [0, 0.05) is 19.8 Å². The first-order chi connectivity index (χ1) is 13.3. The van der Waals surface area contributed by atoms with Crippen LogP contribution in [0, 0.1) is 13.8 Å². The highest BCUT2D eigenvalue weighted by atomic mass is 16.2. The lowest BCUT2D eigenvalue weighted by atomic mass is 10.1. The van der Waals surface area contributed by atoms with E-state index >= 15 is 0 Å². The summed E-state index contributed by atoms with van der Waals surface area (Å²) >= 11 is 0. The summed E-state index contributed by atoms with van der Waals surface area (Å²) in [7, 11) is 3.48. The lowest BCUT2D eigenvalue weighted by Gasteiger charge is -2.17. The molecule has 1 N–H and O–H groups in total. The average Bonchev–Trinajstić information content (AvgIpc) is 3.11. The summed E-state index contributed by atoms with van der Waals surface area (Å²) in [5.41, 5.74) is 4.94. The fraction of sp³-hybridized carbons (Fsp3) is 0.286. The summed E-state index contributed by atoms with van der Waals surface area (Å²) in [6, 6.07) is 11.1. The Balaban J connectivity index is 1.72. The van der Waals surface area contributed by atoms with Crippen molar-refractivity contribution in [2.24, 2.45) is 14.1 Å². The highest BCUT2D eigenvalue weighted by Crippen LogP contribution is 2.25. The molecule has 0 aliphatic heterocycles. The Morgan fingerprint density at radius 1 is 1.04 bits per heavy atom. The van der Waals surface area contributed by atoms with Crippen LogP contribution in [0.4, 0.5) is 5.69 Å². The lowest BCUT2D eigenvalue weighted by molar-refractivity contribution is -0.118. The second-order valence-corrected chi connectivity index (χ2v) is 7.24. The predicted octanol–water partition coefficient (Wildman–Crippen LogP) is 3.04. The van der Waals surface area contributed by atoms with Gasteiger partial charge in [0.2, 0.25) is 5.91 Å². The van der Waals surface area contributed by atoms with E-state index < -0.39 is 6.04 Å². The third-order valence-corrected chi connectivity index (χ3v) is 5.41. The highest BCUT2D eigenvalue weighted by Gasteiger charge is 2.21. The molecule has 0 aliphatic rings. The smallest absolute Gasteiger partial charge is 0.324 e. The van der Waals surface area contributed by atoms with Crippen molar-refractivity contribution in [3.05, 3.63) is 58.3 Å². The molecule has 7 nitrogen and oxygen atoms in total. The number of carbonyl (C=O) groups excluding carboxylic acids is 1. The number of hydrogen-bond donors (Lipinski definition) is 1. The first-order valence-corrected chi connectivity index (χ1v) is 9.20. The van der Waals surface area contributed by atoms with Crippen LogP contribution in [0.15, 0.2) is 41.2 Å². The summed E-state index contributed by atoms with van der Waals surface area (Å²) in [5, 5.41) is 3.03. The van der Waals surface area contributed by atoms with E-state index in [1.165, 1.54) is 0 Å². The molecule has 4 rings (SSSR count). The van der Waals surface area contributed by atoms with Crippen LogP contribution in [0.2, 0.25) is 0 Å². The quantitative estimate of drug-likeness (QED) is 0.596. The van der Waals surface area contributed by atoms with Crippen LogP contribution in [0.25, 0.3) is 22.1 Å². The molecule has 7 heteroatoms. The molecule has 1 amide bonds. The molecular weight excluding hydrogens is 354 g/mol. The second-order valence-electron chi connectivity index (χ2n) is 7.24. The van der Waals surface area contributed by atoms with Gasteiger partial charge in [-0.15, -0.1) is 0 Å². The molecule has 0 saturated heterocycles. The topological polar surface area (TPSA) is 73.8 Å². The molecule has 0 aliphatic carbocycles. The van der Waals surface area contributed by atoms with Gasteiger partial charge in [-0.3, -0.25) is 13.9 Å². The Morgan fingerprint density at radius 3 is 2.39 bits per heavy atom. The number of fused-ring (bicyclic) bond motifs is 2. The van der Waals surface area contributed by atoms with Crippen molar-refractivity contribution in [3.8, 4) is 0 Å². The molecule has 2 aromatic carbocycles. The zero-order valence-electron chi connectivity index (χ0n) is 16.6. The molecular formula is C21H23N5O2. The van der Waals surface area contributed by atoms with Gasteiger partial charge in [0.15, 0.2) is 0 Å². The van der Waals surface area contributed by atoms with Crippen molar-refractivity contribution < 1.29 is 4.79 Å². The van der Waals surface area contributed by atoms with E-state index in [0.717, 1.165) is 33.5 Å². The number of nitrogens with zero attached hydrogens (tertiary/aromatic N) is 4. The van der Waals surface area contributed by atoms with Crippen LogP contribution < -0.4 is 11.0 Å². The standard InChI is InChI=1S/C21H23N5O2/c1-12-10-18-19(25(5)21(28)24(18)4)11-16(12)23-20(27)13(2)26-14(3)22-15-8-6-7-9-17(15)26/h6-11,13H,1-5H3,(H,23,27)/t13-/m0/s1. The van der Waals surface area contributed by atoms with Gasteiger partial charge in [0.25, 0.3) is 0 Å². The number of aryl methyl sites for hydroxylation is 4. The Morgan fingerprint density at radius 2 is 1.68 bits per heavy atom. The lowest BCUT2D eigenvalue weighted by Crippen LogP contribution is -2.24. The van der Waals surface area contributed by atoms with Crippen LogP contribution >= 0.6 is 0 Å².